The number of rotatable bonds is 3. The number of anilines is 1. The van der Waals surface area contributed by atoms with E-state index in [4.69, 9.17) is 11.6 Å². The van der Waals surface area contributed by atoms with Crippen LogP contribution in [0.15, 0.2) is 47.4 Å². The summed E-state index contributed by atoms with van der Waals surface area (Å²) >= 11 is 5.74. The highest BCUT2D eigenvalue weighted by Crippen LogP contribution is 2.21. The minimum absolute atomic E-state index is 0.0216. The van der Waals surface area contributed by atoms with Crippen molar-refractivity contribution in [2.45, 2.75) is 4.90 Å². The van der Waals surface area contributed by atoms with Gasteiger partial charge < -0.3 is 4.98 Å². The van der Waals surface area contributed by atoms with Crippen LogP contribution < -0.4 is 4.72 Å². The fraction of sp³-hybridized carbons (Fsp3) is 0. The number of nitrogens with zero attached hydrogens (tertiary/aromatic N) is 1. The van der Waals surface area contributed by atoms with Gasteiger partial charge >= 0.3 is 0 Å². The molecule has 0 aliphatic carbocycles. The van der Waals surface area contributed by atoms with Gasteiger partial charge in [-0.3, -0.25) is 4.72 Å². The van der Waals surface area contributed by atoms with Gasteiger partial charge in [0.1, 0.15) is 5.82 Å². The second-order valence-corrected chi connectivity index (χ2v) is 6.36. The molecule has 0 fully saturated rings. The molecule has 0 spiro atoms. The number of halogens is 2. The largest absolute Gasteiger partial charge is 0.329 e. The number of hydrogen-bond acceptors (Lipinski definition) is 3. The molecule has 0 radical (unpaired) electrons. The number of hydrogen-bond donors (Lipinski definition) is 2. The molecular formula is C13H9ClFN3O2S. The minimum Gasteiger partial charge on any atom is -0.329 e. The summed E-state index contributed by atoms with van der Waals surface area (Å²) in [6.07, 6.45) is 0. The maximum absolute atomic E-state index is 12.8. The third-order valence-corrected chi connectivity index (χ3v) is 4.41. The predicted octanol–water partition coefficient (Wildman–Crippen LogP) is 3.16. The van der Waals surface area contributed by atoms with Crippen LogP contribution in [0.5, 0.6) is 0 Å². The first kappa shape index (κ1) is 13.8. The molecule has 0 saturated carbocycles. The first-order valence-corrected chi connectivity index (χ1v) is 7.74. The average Bonchev–Trinajstić information content (AvgIpc) is 2.78. The molecule has 0 aliphatic rings. The van der Waals surface area contributed by atoms with Gasteiger partial charge in [0.05, 0.1) is 21.6 Å². The highest BCUT2D eigenvalue weighted by molar-refractivity contribution is 7.92. The summed E-state index contributed by atoms with van der Waals surface area (Å²) in [4.78, 5) is 6.79. The summed E-state index contributed by atoms with van der Waals surface area (Å²) in [6.45, 7) is 0. The first-order valence-electron chi connectivity index (χ1n) is 5.88. The van der Waals surface area contributed by atoms with Gasteiger partial charge in [0.2, 0.25) is 5.28 Å². The van der Waals surface area contributed by atoms with Crippen molar-refractivity contribution in [1.29, 1.82) is 0 Å². The van der Waals surface area contributed by atoms with Gasteiger partial charge in [-0.1, -0.05) is 0 Å². The fourth-order valence-corrected chi connectivity index (χ4v) is 3.11. The molecule has 3 aromatic rings. The van der Waals surface area contributed by atoms with Crippen molar-refractivity contribution in [2.24, 2.45) is 0 Å². The van der Waals surface area contributed by atoms with E-state index in [9.17, 15) is 12.8 Å². The van der Waals surface area contributed by atoms with E-state index in [0.29, 0.717) is 16.7 Å². The molecule has 3 rings (SSSR count). The van der Waals surface area contributed by atoms with Gasteiger partial charge in [-0.25, -0.2) is 17.8 Å². The van der Waals surface area contributed by atoms with Gasteiger partial charge in [0.15, 0.2) is 0 Å². The van der Waals surface area contributed by atoms with E-state index >= 15 is 0 Å². The molecule has 108 valence electrons. The Balaban J connectivity index is 1.94. The predicted molar refractivity (Wildman–Crippen MR) is 78.3 cm³/mol. The quantitative estimate of drug-likeness (QED) is 0.776. The third kappa shape index (κ3) is 2.84. The Bertz CT molecular complexity index is 907. The molecule has 5 nitrogen and oxygen atoms in total. The van der Waals surface area contributed by atoms with Crippen LogP contribution in [-0.4, -0.2) is 18.4 Å². The van der Waals surface area contributed by atoms with Crippen molar-refractivity contribution in [2.75, 3.05) is 4.72 Å². The van der Waals surface area contributed by atoms with Crippen molar-refractivity contribution in [3.05, 3.63) is 53.6 Å². The monoisotopic (exact) mass is 325 g/mol. The number of imidazole rings is 1. The van der Waals surface area contributed by atoms with Crippen LogP contribution in [0.4, 0.5) is 10.1 Å². The lowest BCUT2D eigenvalue weighted by Crippen LogP contribution is -2.12. The molecule has 2 aromatic carbocycles. The van der Waals surface area contributed by atoms with E-state index in [1.54, 1.807) is 18.2 Å². The van der Waals surface area contributed by atoms with Crippen LogP contribution in [0.1, 0.15) is 0 Å². The Morgan fingerprint density at radius 2 is 1.86 bits per heavy atom. The van der Waals surface area contributed by atoms with E-state index in [1.807, 2.05) is 0 Å². The molecule has 8 heteroatoms. The molecule has 2 N–H and O–H groups in total. The van der Waals surface area contributed by atoms with E-state index in [-0.39, 0.29) is 10.2 Å². The van der Waals surface area contributed by atoms with E-state index in [2.05, 4.69) is 14.7 Å². The maximum Gasteiger partial charge on any atom is 0.261 e. The topological polar surface area (TPSA) is 74.8 Å². The van der Waals surface area contributed by atoms with E-state index < -0.39 is 15.8 Å². The SMILES string of the molecule is O=S(=O)(Nc1ccc2nc(Cl)[nH]c2c1)c1ccc(F)cc1. The van der Waals surface area contributed by atoms with Crippen LogP contribution in [0, 0.1) is 5.82 Å². The summed E-state index contributed by atoms with van der Waals surface area (Å²) < 4.78 is 39.6. The molecule has 1 heterocycles. The van der Waals surface area contributed by atoms with Crippen molar-refractivity contribution < 1.29 is 12.8 Å². The van der Waals surface area contributed by atoms with Crippen molar-refractivity contribution in [3.63, 3.8) is 0 Å². The Hall–Kier alpha value is -2.12. The first-order chi connectivity index (χ1) is 9.94. The minimum atomic E-state index is -3.78. The second kappa shape index (κ2) is 5.01. The van der Waals surface area contributed by atoms with Crippen LogP contribution in [0.3, 0.4) is 0 Å². The molecule has 0 saturated heterocycles. The molecule has 0 bridgehead atoms. The molecule has 21 heavy (non-hydrogen) atoms. The molecular weight excluding hydrogens is 317 g/mol. The number of aromatic nitrogens is 2. The number of H-pyrrole nitrogens is 1. The van der Waals surface area contributed by atoms with Crippen molar-refractivity contribution >= 4 is 38.3 Å². The van der Waals surface area contributed by atoms with E-state index in [1.165, 1.54) is 12.1 Å². The van der Waals surface area contributed by atoms with Gasteiger partial charge in [-0.05, 0) is 54.1 Å². The number of benzene rings is 2. The number of sulfonamides is 1. The highest BCUT2D eigenvalue weighted by Gasteiger charge is 2.14. The van der Waals surface area contributed by atoms with Crippen molar-refractivity contribution in [1.82, 2.24) is 9.97 Å². The summed E-state index contributed by atoms with van der Waals surface area (Å²) in [5.41, 5.74) is 1.59. The molecule has 0 aliphatic heterocycles. The van der Waals surface area contributed by atoms with Crippen LogP contribution in [0.2, 0.25) is 5.28 Å². The maximum atomic E-state index is 12.8. The summed E-state index contributed by atoms with van der Waals surface area (Å²) in [5, 5.41) is 0.226. The Labute approximate surface area is 124 Å². The Morgan fingerprint density at radius 3 is 2.57 bits per heavy atom. The lowest BCUT2D eigenvalue weighted by Gasteiger charge is -2.07. The summed E-state index contributed by atoms with van der Waals surface area (Å²) in [5.74, 6) is -0.498. The lowest BCUT2D eigenvalue weighted by atomic mass is 10.3. The van der Waals surface area contributed by atoms with E-state index in [0.717, 1.165) is 12.1 Å². The van der Waals surface area contributed by atoms with Gasteiger partial charge in [0.25, 0.3) is 10.0 Å². The third-order valence-electron chi connectivity index (χ3n) is 2.83. The molecule has 0 unspecified atom stereocenters. The number of fused-ring (bicyclic) bond motifs is 1. The Kier molecular flexibility index (Phi) is 3.30. The number of nitrogens with one attached hydrogen (secondary N) is 2. The van der Waals surface area contributed by atoms with Gasteiger partial charge in [0, 0.05) is 0 Å². The van der Waals surface area contributed by atoms with Crippen molar-refractivity contribution in [3.8, 4) is 0 Å². The zero-order valence-corrected chi connectivity index (χ0v) is 12.0. The average molecular weight is 326 g/mol. The highest BCUT2D eigenvalue weighted by atomic mass is 35.5. The molecule has 1 aromatic heterocycles. The van der Waals surface area contributed by atoms with Crippen LogP contribution >= 0.6 is 11.6 Å². The fourth-order valence-electron chi connectivity index (χ4n) is 1.87. The normalized spacial score (nSPS) is 11.7. The smallest absolute Gasteiger partial charge is 0.261 e. The summed E-state index contributed by atoms with van der Waals surface area (Å²) in [7, 11) is -3.78. The second-order valence-electron chi connectivity index (χ2n) is 4.32. The zero-order valence-electron chi connectivity index (χ0n) is 10.5. The van der Waals surface area contributed by atoms with Gasteiger partial charge in [-0.2, -0.15) is 0 Å². The lowest BCUT2D eigenvalue weighted by molar-refractivity contribution is 0.599. The molecule has 0 amide bonds. The summed E-state index contributed by atoms with van der Waals surface area (Å²) in [6, 6.07) is 9.36. The van der Waals surface area contributed by atoms with Crippen LogP contribution in [0.25, 0.3) is 11.0 Å². The van der Waals surface area contributed by atoms with Gasteiger partial charge in [-0.15, -0.1) is 0 Å². The zero-order chi connectivity index (χ0) is 15.0. The van der Waals surface area contributed by atoms with Crippen LogP contribution in [-0.2, 0) is 10.0 Å². The number of aromatic amines is 1. The standard InChI is InChI=1S/C13H9ClFN3O2S/c14-13-16-11-6-3-9(7-12(11)17-13)18-21(19,20)10-4-1-8(15)2-5-10/h1-7,18H,(H,16,17). The molecule has 0 atom stereocenters. The Morgan fingerprint density at radius 1 is 1.14 bits per heavy atom.